The number of nitrogens with one attached hydrogen (secondary N) is 1. The minimum Gasteiger partial charge on any atom is -0.394 e. The topological polar surface area (TPSA) is 187 Å². The smallest absolute Gasteiger partial charge is 0.217 e. The quantitative estimate of drug-likeness (QED) is 0.228. The third kappa shape index (κ3) is 4.74. The van der Waals surface area contributed by atoms with Gasteiger partial charge in [0, 0.05) is 14.0 Å². The van der Waals surface area contributed by atoms with Gasteiger partial charge in [0.15, 0.2) is 12.6 Å². The molecule has 2 fully saturated rings. The number of aliphatic hydroxyl groups excluding tert-OH is 6. The first kappa shape index (κ1) is 22.4. The summed E-state index contributed by atoms with van der Waals surface area (Å²) in [7, 11) is 1.25. The second kappa shape index (κ2) is 9.52. The molecule has 0 aromatic carbocycles. The number of carbonyl (C=O) groups is 1. The molecule has 2 aliphatic heterocycles. The van der Waals surface area contributed by atoms with E-state index in [9.17, 15) is 35.4 Å². The number of methoxy groups -OCH3 is 1. The second-order valence-corrected chi connectivity index (χ2v) is 6.48. The summed E-state index contributed by atoms with van der Waals surface area (Å²) in [6.07, 6.45) is -12.4. The summed E-state index contributed by atoms with van der Waals surface area (Å²) >= 11 is 0. The van der Waals surface area contributed by atoms with E-state index in [1.807, 2.05) is 0 Å². The van der Waals surface area contributed by atoms with Crippen LogP contribution < -0.4 is 5.32 Å². The Kier molecular flexibility index (Phi) is 7.88. The van der Waals surface area contributed by atoms with E-state index in [0.717, 1.165) is 0 Å². The summed E-state index contributed by atoms with van der Waals surface area (Å²) < 4.78 is 21.2. The zero-order valence-corrected chi connectivity index (χ0v) is 14.9. The molecule has 12 heteroatoms. The van der Waals surface area contributed by atoms with Crippen LogP contribution in [-0.2, 0) is 23.7 Å². The van der Waals surface area contributed by atoms with Crippen LogP contribution in [0.25, 0.3) is 0 Å². The zero-order chi connectivity index (χ0) is 20.3. The molecular formula is C15H27NO11. The monoisotopic (exact) mass is 397 g/mol. The van der Waals surface area contributed by atoms with Crippen LogP contribution in [-0.4, -0.2) is 118 Å². The van der Waals surface area contributed by atoms with Crippen LogP contribution in [0.5, 0.6) is 0 Å². The van der Waals surface area contributed by atoms with Gasteiger partial charge in [0.1, 0.15) is 48.8 Å². The second-order valence-electron chi connectivity index (χ2n) is 6.48. The lowest BCUT2D eigenvalue weighted by Crippen LogP contribution is -2.67. The van der Waals surface area contributed by atoms with E-state index in [4.69, 9.17) is 18.9 Å². The lowest BCUT2D eigenvalue weighted by molar-refractivity contribution is -0.344. The molecule has 7 N–H and O–H groups in total. The van der Waals surface area contributed by atoms with Gasteiger partial charge in [-0.15, -0.1) is 0 Å². The fourth-order valence-corrected chi connectivity index (χ4v) is 3.15. The molecule has 2 rings (SSSR count). The normalized spacial score (nSPS) is 45.5. The maximum atomic E-state index is 11.4. The molecular weight excluding hydrogens is 370 g/mol. The van der Waals surface area contributed by atoms with Crippen molar-refractivity contribution in [2.75, 3.05) is 20.3 Å². The van der Waals surface area contributed by atoms with Gasteiger partial charge < -0.3 is 54.9 Å². The van der Waals surface area contributed by atoms with Gasteiger partial charge in [0.2, 0.25) is 5.91 Å². The summed E-state index contributed by atoms with van der Waals surface area (Å²) in [4.78, 5) is 11.4. The minimum atomic E-state index is -1.55. The third-order valence-electron chi connectivity index (χ3n) is 4.60. The van der Waals surface area contributed by atoms with Crippen LogP contribution in [0.3, 0.4) is 0 Å². The van der Waals surface area contributed by atoms with Gasteiger partial charge in [0.25, 0.3) is 0 Å². The molecule has 0 saturated carbocycles. The first-order valence-corrected chi connectivity index (χ1v) is 8.45. The van der Waals surface area contributed by atoms with Crippen molar-refractivity contribution in [3.8, 4) is 0 Å². The average molecular weight is 397 g/mol. The van der Waals surface area contributed by atoms with Crippen molar-refractivity contribution < 1.29 is 54.4 Å². The van der Waals surface area contributed by atoms with Gasteiger partial charge in [-0.25, -0.2) is 0 Å². The fourth-order valence-electron chi connectivity index (χ4n) is 3.15. The lowest BCUT2D eigenvalue weighted by Gasteiger charge is -2.46. The molecule has 2 saturated heterocycles. The summed E-state index contributed by atoms with van der Waals surface area (Å²) in [5.74, 6) is -0.554. The molecule has 0 aromatic heterocycles. The predicted octanol–water partition coefficient (Wildman–Crippen LogP) is -4.60. The molecule has 0 radical (unpaired) electrons. The number of rotatable bonds is 6. The number of aliphatic hydroxyl groups is 6. The number of amides is 1. The van der Waals surface area contributed by atoms with Crippen LogP contribution in [0.15, 0.2) is 0 Å². The molecule has 0 aromatic rings. The Morgan fingerprint density at radius 3 is 2.00 bits per heavy atom. The molecule has 0 bridgehead atoms. The van der Waals surface area contributed by atoms with Crippen LogP contribution in [0, 0.1) is 0 Å². The van der Waals surface area contributed by atoms with E-state index in [0.29, 0.717) is 0 Å². The van der Waals surface area contributed by atoms with E-state index < -0.39 is 80.5 Å². The standard InChI is InChI=1S/C15H27NO11/c1-5(19)16-8-11(22)9(20)6(3-17)25-14(8)27-13-10(21)7(4-18)26-15(24-2)12(13)23/h6-15,17-18,20-23H,3-4H2,1-2H3,(H,16,19)/t6-,7+,8+,9+,10+,11-,12+,13-,14+,15+/m1/s1. The number of ether oxygens (including phenoxy) is 4. The Bertz CT molecular complexity index is 478. The van der Waals surface area contributed by atoms with E-state index >= 15 is 0 Å². The highest BCUT2D eigenvalue weighted by Gasteiger charge is 2.51. The third-order valence-corrected chi connectivity index (χ3v) is 4.60. The Morgan fingerprint density at radius 2 is 1.48 bits per heavy atom. The van der Waals surface area contributed by atoms with E-state index in [-0.39, 0.29) is 0 Å². The molecule has 27 heavy (non-hydrogen) atoms. The Labute approximate surface area is 155 Å². The summed E-state index contributed by atoms with van der Waals surface area (Å²) in [5.41, 5.74) is 0. The first-order chi connectivity index (χ1) is 12.7. The van der Waals surface area contributed by atoms with E-state index in [2.05, 4.69) is 5.32 Å². The number of hydrogen-bond acceptors (Lipinski definition) is 11. The number of hydrogen-bond donors (Lipinski definition) is 7. The maximum Gasteiger partial charge on any atom is 0.217 e. The first-order valence-electron chi connectivity index (χ1n) is 8.45. The molecule has 0 unspecified atom stereocenters. The molecule has 2 aliphatic rings. The highest BCUT2D eigenvalue weighted by atomic mass is 16.7. The highest BCUT2D eigenvalue weighted by Crippen LogP contribution is 2.29. The molecule has 0 spiro atoms. The Balaban J connectivity index is 2.24. The van der Waals surface area contributed by atoms with Crippen molar-refractivity contribution in [2.45, 2.75) is 68.3 Å². The van der Waals surface area contributed by atoms with Crippen molar-refractivity contribution in [1.29, 1.82) is 0 Å². The van der Waals surface area contributed by atoms with Gasteiger partial charge in [-0.05, 0) is 0 Å². The summed E-state index contributed by atoms with van der Waals surface area (Å²) in [6.45, 7) is -0.0617. The SMILES string of the molecule is CO[C@H]1O[C@@H](CO)[C@H](O)[C@@H](O[C@@H]2O[C@H](CO)[C@H](O)[C@H](O)[C@@H]2NC(C)=O)[C@@H]1O. The molecule has 158 valence electrons. The maximum absolute atomic E-state index is 11.4. The van der Waals surface area contributed by atoms with E-state index in [1.165, 1.54) is 14.0 Å². The molecule has 0 aliphatic carbocycles. The Morgan fingerprint density at radius 1 is 0.926 bits per heavy atom. The minimum absolute atomic E-state index is 0.554. The van der Waals surface area contributed by atoms with Gasteiger partial charge in [0.05, 0.1) is 13.2 Å². The van der Waals surface area contributed by atoms with Gasteiger partial charge >= 0.3 is 0 Å². The zero-order valence-electron chi connectivity index (χ0n) is 14.9. The molecule has 2 heterocycles. The van der Waals surface area contributed by atoms with Crippen LogP contribution in [0.1, 0.15) is 6.92 Å². The van der Waals surface area contributed by atoms with Crippen LogP contribution >= 0.6 is 0 Å². The largest absolute Gasteiger partial charge is 0.394 e. The molecule has 1 amide bonds. The highest BCUT2D eigenvalue weighted by molar-refractivity contribution is 5.73. The van der Waals surface area contributed by atoms with Gasteiger partial charge in [-0.2, -0.15) is 0 Å². The van der Waals surface area contributed by atoms with Crippen molar-refractivity contribution >= 4 is 5.91 Å². The van der Waals surface area contributed by atoms with Crippen molar-refractivity contribution in [3.63, 3.8) is 0 Å². The summed E-state index contributed by atoms with van der Waals surface area (Å²) in [5, 5.41) is 61.9. The molecule has 12 nitrogen and oxygen atoms in total. The van der Waals surface area contributed by atoms with Crippen molar-refractivity contribution in [3.05, 3.63) is 0 Å². The van der Waals surface area contributed by atoms with Crippen LogP contribution in [0.2, 0.25) is 0 Å². The predicted molar refractivity (Wildman–Crippen MR) is 85.0 cm³/mol. The summed E-state index contributed by atoms with van der Waals surface area (Å²) in [6, 6.07) is -1.25. The number of carbonyl (C=O) groups excluding carboxylic acids is 1. The van der Waals surface area contributed by atoms with Crippen molar-refractivity contribution in [1.82, 2.24) is 5.32 Å². The average Bonchev–Trinajstić information content (AvgIpc) is 2.64. The van der Waals surface area contributed by atoms with Gasteiger partial charge in [-0.1, -0.05) is 0 Å². The van der Waals surface area contributed by atoms with Crippen molar-refractivity contribution in [2.24, 2.45) is 0 Å². The van der Waals surface area contributed by atoms with Crippen LogP contribution in [0.4, 0.5) is 0 Å². The van der Waals surface area contributed by atoms with E-state index in [1.54, 1.807) is 0 Å². The Hall–Kier alpha value is -0.930. The lowest BCUT2D eigenvalue weighted by atomic mass is 9.95. The fraction of sp³-hybridized carbons (Fsp3) is 0.933. The molecule has 10 atom stereocenters. The van der Waals surface area contributed by atoms with Gasteiger partial charge in [-0.3, -0.25) is 4.79 Å².